The quantitative estimate of drug-likeness (QED) is 0.646. The summed E-state index contributed by atoms with van der Waals surface area (Å²) in [5.41, 5.74) is 5.73. The number of hydrogen-bond donors (Lipinski definition) is 1. The van der Waals surface area contributed by atoms with Gasteiger partial charge in [0.2, 0.25) is 15.9 Å². The third kappa shape index (κ3) is 6.14. The van der Waals surface area contributed by atoms with E-state index in [9.17, 15) is 18.0 Å². The van der Waals surface area contributed by atoms with Crippen LogP contribution in [0.4, 0.5) is 0 Å². The maximum absolute atomic E-state index is 13.5. The third-order valence-corrected chi connectivity index (χ3v) is 6.85. The van der Waals surface area contributed by atoms with Crippen molar-refractivity contribution in [2.75, 3.05) is 0 Å². The van der Waals surface area contributed by atoms with Gasteiger partial charge in [0.05, 0.1) is 16.5 Å². The Morgan fingerprint density at radius 2 is 1.65 bits per heavy atom. The molecule has 9 heteroatoms. The normalized spacial score (nSPS) is 12.9. The van der Waals surface area contributed by atoms with E-state index in [4.69, 9.17) is 22.6 Å². The molecule has 0 aliphatic carbocycles. The summed E-state index contributed by atoms with van der Waals surface area (Å²) in [5, 5.41) is 9.33. The molecule has 31 heavy (non-hydrogen) atoms. The minimum Gasteiger partial charge on any atom is -0.368 e. The second-order valence-corrected chi connectivity index (χ2v) is 10.4. The summed E-state index contributed by atoms with van der Waals surface area (Å²) >= 11 is 5.88. The van der Waals surface area contributed by atoms with Crippen molar-refractivity contribution in [3.05, 3.63) is 64.7 Å². The maximum Gasteiger partial charge on any atom is 0.244 e. The van der Waals surface area contributed by atoms with Crippen LogP contribution in [0.2, 0.25) is 5.02 Å². The van der Waals surface area contributed by atoms with Crippen molar-refractivity contribution in [2.45, 2.75) is 44.7 Å². The molecule has 2 N–H and O–H groups in total. The Bertz CT molecular complexity index is 1100. The molecule has 0 heterocycles. The molecule has 0 aromatic heterocycles. The first-order valence-electron chi connectivity index (χ1n) is 9.45. The van der Waals surface area contributed by atoms with Crippen LogP contribution in [0.1, 0.15) is 38.3 Å². The van der Waals surface area contributed by atoms with Crippen molar-refractivity contribution in [2.24, 2.45) is 11.1 Å². The molecule has 0 saturated carbocycles. The van der Waals surface area contributed by atoms with E-state index in [1.807, 2.05) is 6.07 Å². The van der Waals surface area contributed by atoms with Gasteiger partial charge in [-0.2, -0.15) is 9.57 Å². The number of benzene rings is 2. The van der Waals surface area contributed by atoms with Crippen LogP contribution in [0, 0.1) is 16.7 Å². The Labute approximate surface area is 187 Å². The molecule has 0 aliphatic rings. The Kier molecular flexibility index (Phi) is 7.60. The zero-order valence-corrected chi connectivity index (χ0v) is 19.1. The van der Waals surface area contributed by atoms with E-state index in [0.717, 1.165) is 4.31 Å². The number of rotatable bonds is 8. The van der Waals surface area contributed by atoms with E-state index >= 15 is 0 Å². The van der Waals surface area contributed by atoms with Crippen LogP contribution in [-0.4, -0.2) is 30.5 Å². The number of amides is 1. The van der Waals surface area contributed by atoms with Gasteiger partial charge >= 0.3 is 0 Å². The fourth-order valence-corrected chi connectivity index (χ4v) is 4.50. The van der Waals surface area contributed by atoms with Gasteiger partial charge in [0.15, 0.2) is 0 Å². The molecule has 0 radical (unpaired) electrons. The lowest BCUT2D eigenvalue weighted by atomic mass is 9.87. The second kappa shape index (κ2) is 9.60. The number of carbonyl (C=O) groups excluding carboxylic acids is 2. The monoisotopic (exact) mass is 461 g/mol. The smallest absolute Gasteiger partial charge is 0.244 e. The number of halogens is 1. The average Bonchev–Trinajstić information content (AvgIpc) is 2.70. The van der Waals surface area contributed by atoms with Crippen LogP contribution in [0.25, 0.3) is 0 Å². The van der Waals surface area contributed by atoms with Gasteiger partial charge in [-0.15, -0.1) is 0 Å². The lowest BCUT2D eigenvalue weighted by molar-refractivity contribution is -0.131. The van der Waals surface area contributed by atoms with E-state index in [2.05, 4.69) is 0 Å². The highest BCUT2D eigenvalue weighted by Crippen LogP contribution is 2.27. The van der Waals surface area contributed by atoms with Crippen molar-refractivity contribution in [1.82, 2.24) is 4.31 Å². The van der Waals surface area contributed by atoms with Crippen molar-refractivity contribution in [3.8, 4) is 6.07 Å². The summed E-state index contributed by atoms with van der Waals surface area (Å²) in [6.07, 6.45) is -0.359. The molecule has 0 saturated heterocycles. The van der Waals surface area contributed by atoms with Crippen LogP contribution in [0.3, 0.4) is 0 Å². The van der Waals surface area contributed by atoms with Gasteiger partial charge in [0.1, 0.15) is 11.8 Å². The highest BCUT2D eigenvalue weighted by Gasteiger charge is 2.38. The topological polar surface area (TPSA) is 121 Å². The molecule has 7 nitrogen and oxygen atoms in total. The number of carbonyl (C=O) groups is 2. The predicted molar refractivity (Wildman–Crippen MR) is 117 cm³/mol. The number of sulfonamides is 1. The molecule has 2 aromatic carbocycles. The number of ketones is 1. The third-order valence-electron chi connectivity index (χ3n) is 4.73. The first-order valence-corrected chi connectivity index (χ1v) is 11.3. The number of primary amides is 1. The molecule has 0 unspecified atom stereocenters. The van der Waals surface area contributed by atoms with E-state index < -0.39 is 27.4 Å². The molecule has 2 aromatic rings. The first-order chi connectivity index (χ1) is 14.4. The molecular formula is C22H24ClN3O4S. The van der Waals surface area contributed by atoms with E-state index in [1.54, 1.807) is 45.0 Å². The fraction of sp³-hybridized carbons (Fsp3) is 0.318. The van der Waals surface area contributed by atoms with Gasteiger partial charge in [-0.3, -0.25) is 9.59 Å². The van der Waals surface area contributed by atoms with E-state index in [1.165, 1.54) is 24.3 Å². The minimum absolute atomic E-state index is 0.0833. The van der Waals surface area contributed by atoms with E-state index in [0.29, 0.717) is 16.1 Å². The van der Waals surface area contributed by atoms with Crippen LogP contribution in [0.5, 0.6) is 0 Å². The summed E-state index contributed by atoms with van der Waals surface area (Å²) in [6, 6.07) is 12.4. The van der Waals surface area contributed by atoms with Crippen LogP contribution >= 0.6 is 11.6 Å². The number of nitrogens with zero attached hydrogens (tertiary/aromatic N) is 2. The Balaban J connectivity index is 2.55. The number of hydrogen-bond acceptors (Lipinski definition) is 5. The highest BCUT2D eigenvalue weighted by atomic mass is 35.5. The molecule has 1 atom stereocenters. The molecule has 1 amide bonds. The average molecular weight is 462 g/mol. The van der Waals surface area contributed by atoms with Crippen molar-refractivity contribution in [1.29, 1.82) is 5.26 Å². The second-order valence-electron chi connectivity index (χ2n) is 8.11. The Morgan fingerprint density at radius 3 is 2.10 bits per heavy atom. The summed E-state index contributed by atoms with van der Waals surface area (Å²) in [4.78, 5) is 24.9. The molecular weight excluding hydrogens is 438 g/mol. The van der Waals surface area contributed by atoms with Gasteiger partial charge in [0, 0.05) is 23.4 Å². The highest BCUT2D eigenvalue weighted by molar-refractivity contribution is 7.89. The molecule has 0 aliphatic heterocycles. The van der Waals surface area contributed by atoms with Gasteiger partial charge in [-0.1, -0.05) is 44.5 Å². The molecule has 0 fully saturated rings. The molecule has 164 valence electrons. The van der Waals surface area contributed by atoms with Crippen LogP contribution in [0.15, 0.2) is 53.4 Å². The van der Waals surface area contributed by atoms with Crippen molar-refractivity contribution < 1.29 is 18.0 Å². The van der Waals surface area contributed by atoms with Crippen LogP contribution in [-0.2, 0) is 26.2 Å². The van der Waals surface area contributed by atoms with Gasteiger partial charge in [-0.25, -0.2) is 8.42 Å². The lowest BCUT2D eigenvalue weighted by Crippen LogP contribution is -2.49. The zero-order valence-electron chi connectivity index (χ0n) is 17.5. The Hall–Kier alpha value is -2.73. The predicted octanol–water partition coefficient (Wildman–Crippen LogP) is 3.26. The number of nitriles is 1. The molecule has 0 spiro atoms. The van der Waals surface area contributed by atoms with Gasteiger partial charge in [-0.05, 0) is 42.0 Å². The van der Waals surface area contributed by atoms with E-state index in [-0.39, 0.29) is 23.6 Å². The number of nitrogens with two attached hydrogens (primary N) is 1. The molecule has 0 bridgehead atoms. The van der Waals surface area contributed by atoms with Crippen molar-refractivity contribution in [3.63, 3.8) is 0 Å². The fourth-order valence-electron chi connectivity index (χ4n) is 2.80. The summed E-state index contributed by atoms with van der Waals surface area (Å²) < 4.78 is 27.9. The summed E-state index contributed by atoms with van der Waals surface area (Å²) in [7, 11) is -4.21. The Morgan fingerprint density at radius 1 is 1.10 bits per heavy atom. The minimum atomic E-state index is -4.21. The lowest BCUT2D eigenvalue weighted by Gasteiger charge is -2.30. The summed E-state index contributed by atoms with van der Waals surface area (Å²) in [6.45, 7) is 4.85. The summed E-state index contributed by atoms with van der Waals surface area (Å²) in [5.74, 6) is -1.23. The van der Waals surface area contributed by atoms with Crippen molar-refractivity contribution >= 4 is 33.3 Å². The zero-order chi connectivity index (χ0) is 23.4. The first kappa shape index (κ1) is 24.5. The number of Topliss-reactive ketones (excluding diaryl/α,β-unsaturated/α-hetero) is 1. The van der Waals surface area contributed by atoms with Crippen LogP contribution < -0.4 is 5.73 Å². The van der Waals surface area contributed by atoms with Gasteiger partial charge < -0.3 is 5.73 Å². The SMILES string of the molecule is CC(C)(C)C(=O)C[C@H](C(N)=O)N(Cc1ccc(C#N)cc1)S(=O)(=O)c1ccc(Cl)cc1. The van der Waals surface area contributed by atoms with Gasteiger partial charge in [0.25, 0.3) is 0 Å². The standard InChI is InChI=1S/C22H24ClN3O4S/c1-22(2,3)20(27)12-19(21(25)28)26(14-16-6-4-15(13-24)5-7-16)31(29,30)18-10-8-17(23)9-11-18/h4-11,19H,12,14H2,1-3H3,(H2,25,28)/t19-/m1/s1. The maximum atomic E-state index is 13.5. The largest absolute Gasteiger partial charge is 0.368 e. The molecule has 2 rings (SSSR count).